The molecule has 1 saturated heterocycles. The van der Waals surface area contributed by atoms with Crippen molar-refractivity contribution in [2.45, 2.75) is 43.9 Å². The summed E-state index contributed by atoms with van der Waals surface area (Å²) in [5.41, 5.74) is -0.968. The topological polar surface area (TPSA) is 49.4 Å². The maximum atomic E-state index is 12.6. The van der Waals surface area contributed by atoms with Crippen LogP contribution in [0.25, 0.3) is 0 Å². The number of halogens is 3. The lowest BCUT2D eigenvalue weighted by molar-refractivity contribution is -0.154. The number of piperazine rings is 1. The van der Waals surface area contributed by atoms with Crippen molar-refractivity contribution >= 4 is 11.8 Å². The summed E-state index contributed by atoms with van der Waals surface area (Å²) < 4.78 is 37.8. The molecular formula is C16H17F3N2O2. The molecule has 1 heterocycles. The third-order valence-electron chi connectivity index (χ3n) is 4.69. The average molecular weight is 326 g/mol. The predicted molar refractivity (Wildman–Crippen MR) is 76.2 cm³/mol. The van der Waals surface area contributed by atoms with E-state index in [1.807, 2.05) is 0 Å². The number of hydrogen-bond donors (Lipinski definition) is 1. The van der Waals surface area contributed by atoms with Crippen LogP contribution in [0.1, 0.15) is 36.8 Å². The van der Waals surface area contributed by atoms with E-state index in [4.69, 9.17) is 0 Å². The van der Waals surface area contributed by atoms with Gasteiger partial charge < -0.3 is 10.2 Å². The maximum absolute atomic E-state index is 12.6. The van der Waals surface area contributed by atoms with E-state index in [-0.39, 0.29) is 24.9 Å². The zero-order valence-corrected chi connectivity index (χ0v) is 12.4. The highest BCUT2D eigenvalue weighted by molar-refractivity contribution is 5.98. The van der Waals surface area contributed by atoms with Gasteiger partial charge in [-0.05, 0) is 30.5 Å². The van der Waals surface area contributed by atoms with Crippen LogP contribution in [0.5, 0.6) is 0 Å². The van der Waals surface area contributed by atoms with Gasteiger partial charge in [0.2, 0.25) is 11.8 Å². The van der Waals surface area contributed by atoms with Gasteiger partial charge in [-0.15, -0.1) is 0 Å². The van der Waals surface area contributed by atoms with Gasteiger partial charge in [-0.2, -0.15) is 13.2 Å². The highest BCUT2D eigenvalue weighted by Crippen LogP contribution is 2.38. The van der Waals surface area contributed by atoms with Crippen LogP contribution >= 0.6 is 0 Å². The molecule has 2 amide bonds. The summed E-state index contributed by atoms with van der Waals surface area (Å²) in [6.45, 7) is 0.103. The smallest absolute Gasteiger partial charge is 0.345 e. The SMILES string of the molecule is O=C1CNC(=O)C2(CCCC2)N1Cc1ccc(C(F)(F)F)cc1. The van der Waals surface area contributed by atoms with Crippen molar-refractivity contribution < 1.29 is 22.8 Å². The van der Waals surface area contributed by atoms with Crippen molar-refractivity contribution in [1.82, 2.24) is 10.2 Å². The fraction of sp³-hybridized carbons (Fsp3) is 0.500. The summed E-state index contributed by atoms with van der Waals surface area (Å²) in [5, 5.41) is 2.63. The molecule has 1 aliphatic carbocycles. The van der Waals surface area contributed by atoms with Gasteiger partial charge in [0.25, 0.3) is 0 Å². The standard InChI is InChI=1S/C16H17F3N2O2/c17-16(18,19)12-5-3-11(4-6-12)10-21-13(22)9-20-14(23)15(21)7-1-2-8-15/h3-6H,1-2,7-10H2,(H,20,23). The summed E-state index contributed by atoms with van der Waals surface area (Å²) >= 11 is 0. The van der Waals surface area contributed by atoms with E-state index in [0.717, 1.165) is 25.0 Å². The zero-order chi connectivity index (χ0) is 16.7. The summed E-state index contributed by atoms with van der Waals surface area (Å²) in [5.74, 6) is -0.340. The van der Waals surface area contributed by atoms with Crippen LogP contribution in [0, 0.1) is 0 Å². The number of benzene rings is 1. The quantitative estimate of drug-likeness (QED) is 0.908. The molecule has 0 aromatic heterocycles. The number of nitrogens with zero attached hydrogens (tertiary/aromatic N) is 1. The average Bonchev–Trinajstić information content (AvgIpc) is 2.98. The first-order chi connectivity index (χ1) is 10.8. The first-order valence-corrected chi connectivity index (χ1v) is 7.58. The first-order valence-electron chi connectivity index (χ1n) is 7.58. The Morgan fingerprint density at radius 2 is 1.70 bits per heavy atom. The van der Waals surface area contributed by atoms with Crippen LogP contribution in [-0.2, 0) is 22.3 Å². The van der Waals surface area contributed by atoms with Crippen molar-refractivity contribution in [1.29, 1.82) is 0 Å². The molecule has 1 aliphatic heterocycles. The summed E-state index contributed by atoms with van der Waals surface area (Å²) in [4.78, 5) is 26.1. The van der Waals surface area contributed by atoms with Gasteiger partial charge in [0, 0.05) is 6.54 Å². The molecule has 1 N–H and O–H groups in total. The second kappa shape index (κ2) is 5.54. The van der Waals surface area contributed by atoms with Crippen LogP contribution in [-0.4, -0.2) is 28.8 Å². The Hall–Kier alpha value is -2.05. The Labute approximate surface area is 131 Å². The van der Waals surface area contributed by atoms with Crippen LogP contribution < -0.4 is 5.32 Å². The van der Waals surface area contributed by atoms with Crippen molar-refractivity contribution in [2.75, 3.05) is 6.54 Å². The number of amides is 2. The van der Waals surface area contributed by atoms with E-state index in [0.29, 0.717) is 18.4 Å². The van der Waals surface area contributed by atoms with Crippen molar-refractivity contribution in [3.05, 3.63) is 35.4 Å². The van der Waals surface area contributed by atoms with Crippen LogP contribution in [0.2, 0.25) is 0 Å². The van der Waals surface area contributed by atoms with E-state index < -0.39 is 17.3 Å². The lowest BCUT2D eigenvalue weighted by atomic mass is 9.90. The highest BCUT2D eigenvalue weighted by atomic mass is 19.4. The van der Waals surface area contributed by atoms with Crippen LogP contribution in [0.3, 0.4) is 0 Å². The molecule has 0 bridgehead atoms. The Morgan fingerprint density at radius 1 is 1.09 bits per heavy atom. The molecule has 124 valence electrons. The molecule has 2 aliphatic rings. The van der Waals surface area contributed by atoms with Gasteiger partial charge in [0.1, 0.15) is 5.54 Å². The van der Waals surface area contributed by atoms with Gasteiger partial charge in [0.05, 0.1) is 12.1 Å². The Kier molecular flexibility index (Phi) is 3.82. The van der Waals surface area contributed by atoms with E-state index in [2.05, 4.69) is 5.32 Å². The van der Waals surface area contributed by atoms with E-state index in [1.165, 1.54) is 12.1 Å². The molecule has 3 rings (SSSR count). The second-order valence-corrected chi connectivity index (χ2v) is 6.10. The molecule has 1 spiro atoms. The normalized spacial score (nSPS) is 20.9. The Bertz CT molecular complexity index is 619. The summed E-state index contributed by atoms with van der Waals surface area (Å²) in [7, 11) is 0. The largest absolute Gasteiger partial charge is 0.416 e. The molecule has 0 radical (unpaired) electrons. The Balaban J connectivity index is 1.84. The lowest BCUT2D eigenvalue weighted by Crippen LogP contribution is -2.65. The third kappa shape index (κ3) is 2.80. The fourth-order valence-electron chi connectivity index (χ4n) is 3.46. The molecule has 4 nitrogen and oxygen atoms in total. The molecular weight excluding hydrogens is 309 g/mol. The number of carbonyl (C=O) groups excluding carboxylic acids is 2. The number of hydrogen-bond acceptors (Lipinski definition) is 2. The highest BCUT2D eigenvalue weighted by Gasteiger charge is 2.50. The molecule has 1 aromatic carbocycles. The zero-order valence-electron chi connectivity index (χ0n) is 12.4. The predicted octanol–water partition coefficient (Wildman–Crippen LogP) is 2.48. The van der Waals surface area contributed by atoms with E-state index in [9.17, 15) is 22.8 Å². The molecule has 1 aromatic rings. The minimum atomic E-state index is -4.38. The third-order valence-corrected chi connectivity index (χ3v) is 4.69. The number of alkyl halides is 3. The van der Waals surface area contributed by atoms with Gasteiger partial charge >= 0.3 is 6.18 Å². The van der Waals surface area contributed by atoms with Crippen molar-refractivity contribution in [2.24, 2.45) is 0 Å². The van der Waals surface area contributed by atoms with E-state index in [1.54, 1.807) is 4.90 Å². The van der Waals surface area contributed by atoms with Crippen molar-refractivity contribution in [3.63, 3.8) is 0 Å². The molecule has 1 saturated carbocycles. The number of nitrogens with one attached hydrogen (secondary N) is 1. The van der Waals surface area contributed by atoms with Gasteiger partial charge in [-0.25, -0.2) is 0 Å². The van der Waals surface area contributed by atoms with Gasteiger partial charge in [-0.1, -0.05) is 25.0 Å². The van der Waals surface area contributed by atoms with Gasteiger partial charge in [0.15, 0.2) is 0 Å². The van der Waals surface area contributed by atoms with Crippen LogP contribution in [0.4, 0.5) is 13.2 Å². The Morgan fingerprint density at radius 3 is 2.26 bits per heavy atom. The summed E-state index contributed by atoms with van der Waals surface area (Å²) in [6, 6.07) is 4.74. The number of rotatable bonds is 2. The minimum Gasteiger partial charge on any atom is -0.345 e. The second-order valence-electron chi connectivity index (χ2n) is 6.10. The minimum absolute atomic E-state index is 0.0543. The number of carbonyl (C=O) groups is 2. The first kappa shape index (κ1) is 15.8. The molecule has 0 atom stereocenters. The lowest BCUT2D eigenvalue weighted by Gasteiger charge is -2.43. The van der Waals surface area contributed by atoms with Crippen LogP contribution in [0.15, 0.2) is 24.3 Å². The van der Waals surface area contributed by atoms with Crippen molar-refractivity contribution in [3.8, 4) is 0 Å². The van der Waals surface area contributed by atoms with Gasteiger partial charge in [-0.3, -0.25) is 9.59 Å². The molecule has 2 fully saturated rings. The fourth-order valence-corrected chi connectivity index (χ4v) is 3.46. The molecule has 23 heavy (non-hydrogen) atoms. The summed E-state index contributed by atoms with van der Waals surface area (Å²) in [6.07, 6.45) is -1.45. The molecule has 7 heteroatoms. The maximum Gasteiger partial charge on any atom is 0.416 e. The molecule has 0 unspecified atom stereocenters. The monoisotopic (exact) mass is 326 g/mol. The van der Waals surface area contributed by atoms with E-state index >= 15 is 0 Å².